The van der Waals surface area contributed by atoms with Gasteiger partial charge in [-0.05, 0) is 64.0 Å². The first-order chi connectivity index (χ1) is 9.70. The van der Waals surface area contributed by atoms with Crippen molar-refractivity contribution in [3.8, 4) is 5.75 Å². The van der Waals surface area contributed by atoms with E-state index in [0.29, 0.717) is 11.1 Å². The quantitative estimate of drug-likeness (QED) is 0.780. The highest BCUT2D eigenvalue weighted by Crippen LogP contribution is 2.28. The maximum Gasteiger partial charge on any atom is 0.137 e. The van der Waals surface area contributed by atoms with Crippen LogP contribution >= 0.6 is 11.6 Å². The van der Waals surface area contributed by atoms with Gasteiger partial charge in [-0.3, -0.25) is 0 Å². The van der Waals surface area contributed by atoms with Crippen LogP contribution in [0.1, 0.15) is 37.8 Å². The predicted octanol–water partition coefficient (Wildman–Crippen LogP) is 3.49. The van der Waals surface area contributed by atoms with Crippen LogP contribution in [-0.2, 0) is 0 Å². The van der Waals surface area contributed by atoms with Crippen molar-refractivity contribution >= 4 is 11.6 Å². The molecule has 1 aliphatic rings. The summed E-state index contributed by atoms with van der Waals surface area (Å²) in [5.74, 6) is 0.792. The van der Waals surface area contributed by atoms with E-state index in [4.69, 9.17) is 16.3 Å². The van der Waals surface area contributed by atoms with Gasteiger partial charge in [0, 0.05) is 12.6 Å². The molecule has 2 rings (SSSR count). The molecule has 0 saturated carbocycles. The van der Waals surface area contributed by atoms with E-state index in [1.807, 2.05) is 19.2 Å². The zero-order chi connectivity index (χ0) is 14.4. The summed E-state index contributed by atoms with van der Waals surface area (Å²) >= 11 is 6.27. The molecular weight excluding hydrogens is 272 g/mol. The molecule has 3 nitrogen and oxygen atoms in total. The van der Waals surface area contributed by atoms with Crippen LogP contribution in [0.3, 0.4) is 0 Å². The van der Waals surface area contributed by atoms with E-state index in [0.717, 1.165) is 25.3 Å². The second kappa shape index (κ2) is 7.87. The van der Waals surface area contributed by atoms with Gasteiger partial charge in [-0.25, -0.2) is 0 Å². The van der Waals surface area contributed by atoms with Gasteiger partial charge in [0.25, 0.3) is 0 Å². The highest BCUT2D eigenvalue weighted by molar-refractivity contribution is 6.32. The van der Waals surface area contributed by atoms with Crippen molar-refractivity contribution in [3.05, 3.63) is 28.8 Å². The van der Waals surface area contributed by atoms with Crippen molar-refractivity contribution in [2.75, 3.05) is 33.3 Å². The van der Waals surface area contributed by atoms with Crippen molar-refractivity contribution in [1.82, 2.24) is 10.2 Å². The van der Waals surface area contributed by atoms with E-state index in [-0.39, 0.29) is 0 Å². The molecule has 1 aliphatic heterocycles. The first kappa shape index (κ1) is 15.6. The average Bonchev–Trinajstić information content (AvgIpc) is 2.97. The molecule has 0 aromatic heterocycles. The van der Waals surface area contributed by atoms with Crippen LogP contribution in [0.4, 0.5) is 0 Å². The van der Waals surface area contributed by atoms with E-state index >= 15 is 0 Å². The first-order valence-corrected chi connectivity index (χ1v) is 7.90. The minimum absolute atomic E-state index is 0.303. The molecule has 1 aromatic carbocycles. The molecule has 4 heteroatoms. The zero-order valence-electron chi connectivity index (χ0n) is 12.5. The van der Waals surface area contributed by atoms with Crippen LogP contribution in [0.15, 0.2) is 18.2 Å². The Labute approximate surface area is 127 Å². The standard InChI is InChI=1S/C16H25ClN2O/c1-13(18-2)14-6-7-16(15(17)12-14)20-11-5-10-19-8-3-4-9-19/h6-7,12-13,18H,3-5,8-11H2,1-2H3. The number of nitrogens with zero attached hydrogens (tertiary/aromatic N) is 1. The number of halogens is 1. The number of benzene rings is 1. The highest BCUT2D eigenvalue weighted by atomic mass is 35.5. The third-order valence-electron chi connectivity index (χ3n) is 3.96. The van der Waals surface area contributed by atoms with Gasteiger partial charge in [0.1, 0.15) is 5.75 Å². The van der Waals surface area contributed by atoms with Gasteiger partial charge in [0.05, 0.1) is 11.6 Å². The van der Waals surface area contributed by atoms with Crippen molar-refractivity contribution in [2.24, 2.45) is 0 Å². The molecule has 1 heterocycles. The minimum Gasteiger partial charge on any atom is -0.492 e. The van der Waals surface area contributed by atoms with Crippen LogP contribution in [0, 0.1) is 0 Å². The molecule has 1 aromatic rings. The summed E-state index contributed by atoms with van der Waals surface area (Å²) in [4.78, 5) is 2.50. The lowest BCUT2D eigenvalue weighted by atomic mass is 10.1. The lowest BCUT2D eigenvalue weighted by Crippen LogP contribution is -2.21. The SMILES string of the molecule is CNC(C)c1ccc(OCCCN2CCCC2)c(Cl)c1. The molecule has 1 atom stereocenters. The van der Waals surface area contributed by atoms with Gasteiger partial charge in [0.2, 0.25) is 0 Å². The number of rotatable bonds is 7. The Bertz CT molecular complexity index is 419. The monoisotopic (exact) mass is 296 g/mol. The Hall–Kier alpha value is -0.770. The highest BCUT2D eigenvalue weighted by Gasteiger charge is 2.11. The summed E-state index contributed by atoms with van der Waals surface area (Å²) < 4.78 is 5.79. The smallest absolute Gasteiger partial charge is 0.137 e. The summed E-state index contributed by atoms with van der Waals surface area (Å²) in [6.45, 7) is 6.47. The summed E-state index contributed by atoms with van der Waals surface area (Å²) in [6, 6.07) is 6.33. The molecule has 0 radical (unpaired) electrons. The maximum atomic E-state index is 6.27. The molecule has 20 heavy (non-hydrogen) atoms. The van der Waals surface area contributed by atoms with E-state index in [2.05, 4.69) is 23.2 Å². The molecule has 1 N–H and O–H groups in total. The molecule has 0 spiro atoms. The molecule has 1 fully saturated rings. The Morgan fingerprint density at radius 1 is 1.35 bits per heavy atom. The fourth-order valence-electron chi connectivity index (χ4n) is 2.55. The van der Waals surface area contributed by atoms with Gasteiger partial charge in [-0.2, -0.15) is 0 Å². The molecule has 1 unspecified atom stereocenters. The van der Waals surface area contributed by atoms with Crippen LogP contribution in [-0.4, -0.2) is 38.2 Å². The third-order valence-corrected chi connectivity index (χ3v) is 4.26. The molecular formula is C16H25ClN2O. The van der Waals surface area contributed by atoms with Crippen LogP contribution < -0.4 is 10.1 Å². The lowest BCUT2D eigenvalue weighted by Gasteiger charge is -2.16. The number of ether oxygens (including phenoxy) is 1. The molecule has 1 saturated heterocycles. The number of likely N-dealkylation sites (tertiary alicyclic amines) is 1. The fraction of sp³-hybridized carbons (Fsp3) is 0.625. The topological polar surface area (TPSA) is 24.5 Å². The van der Waals surface area contributed by atoms with Crippen molar-refractivity contribution in [3.63, 3.8) is 0 Å². The summed E-state index contributed by atoms with van der Waals surface area (Å²) in [5.41, 5.74) is 1.18. The Balaban J connectivity index is 1.77. The summed E-state index contributed by atoms with van der Waals surface area (Å²) in [6.07, 6.45) is 3.75. The van der Waals surface area contributed by atoms with Crippen LogP contribution in [0.5, 0.6) is 5.75 Å². The molecule has 0 aliphatic carbocycles. The van der Waals surface area contributed by atoms with E-state index < -0.39 is 0 Å². The Morgan fingerprint density at radius 3 is 2.75 bits per heavy atom. The van der Waals surface area contributed by atoms with Gasteiger partial charge >= 0.3 is 0 Å². The van der Waals surface area contributed by atoms with Crippen LogP contribution in [0.25, 0.3) is 0 Å². The maximum absolute atomic E-state index is 6.27. The predicted molar refractivity (Wildman–Crippen MR) is 84.7 cm³/mol. The van der Waals surface area contributed by atoms with Crippen molar-refractivity contribution in [1.29, 1.82) is 0 Å². The van der Waals surface area contributed by atoms with E-state index in [9.17, 15) is 0 Å². The minimum atomic E-state index is 0.303. The average molecular weight is 297 g/mol. The number of hydrogen-bond donors (Lipinski definition) is 1. The lowest BCUT2D eigenvalue weighted by molar-refractivity contribution is 0.263. The van der Waals surface area contributed by atoms with Gasteiger partial charge in [-0.1, -0.05) is 17.7 Å². The first-order valence-electron chi connectivity index (χ1n) is 7.52. The second-order valence-corrected chi connectivity index (χ2v) is 5.86. The fourth-order valence-corrected chi connectivity index (χ4v) is 2.79. The van der Waals surface area contributed by atoms with Gasteiger partial charge < -0.3 is 15.0 Å². The van der Waals surface area contributed by atoms with Crippen molar-refractivity contribution in [2.45, 2.75) is 32.2 Å². The summed E-state index contributed by atoms with van der Waals surface area (Å²) in [5, 5.41) is 3.91. The Kier molecular flexibility index (Phi) is 6.14. The Morgan fingerprint density at radius 2 is 2.10 bits per heavy atom. The van der Waals surface area contributed by atoms with Gasteiger partial charge in [-0.15, -0.1) is 0 Å². The zero-order valence-corrected chi connectivity index (χ0v) is 13.2. The van der Waals surface area contributed by atoms with E-state index in [1.165, 1.54) is 31.5 Å². The normalized spacial score (nSPS) is 17.4. The molecule has 0 amide bonds. The van der Waals surface area contributed by atoms with Crippen molar-refractivity contribution < 1.29 is 4.74 Å². The molecule has 112 valence electrons. The summed E-state index contributed by atoms with van der Waals surface area (Å²) in [7, 11) is 1.95. The van der Waals surface area contributed by atoms with E-state index in [1.54, 1.807) is 0 Å². The second-order valence-electron chi connectivity index (χ2n) is 5.45. The van der Waals surface area contributed by atoms with Crippen LogP contribution in [0.2, 0.25) is 5.02 Å². The number of hydrogen-bond acceptors (Lipinski definition) is 3. The number of nitrogens with one attached hydrogen (secondary N) is 1. The third kappa shape index (κ3) is 4.37. The largest absolute Gasteiger partial charge is 0.492 e. The molecule has 0 bridgehead atoms. The van der Waals surface area contributed by atoms with Gasteiger partial charge in [0.15, 0.2) is 0 Å².